The molecule has 0 fully saturated rings. The van der Waals surface area contributed by atoms with E-state index >= 15 is 0 Å². The number of nitrogens with zero attached hydrogens (tertiary/aromatic N) is 1. The Bertz CT molecular complexity index is 580. The van der Waals surface area contributed by atoms with Gasteiger partial charge >= 0.3 is 5.97 Å². The summed E-state index contributed by atoms with van der Waals surface area (Å²) in [5.41, 5.74) is -0.0316. The van der Waals surface area contributed by atoms with Gasteiger partial charge in [0.15, 0.2) is 5.13 Å². The van der Waals surface area contributed by atoms with E-state index in [0.29, 0.717) is 0 Å². The van der Waals surface area contributed by atoms with Gasteiger partial charge in [-0.15, -0.1) is 11.3 Å². The van der Waals surface area contributed by atoms with E-state index in [1.54, 1.807) is 6.92 Å². The Balaban J connectivity index is 2.76. The minimum atomic E-state index is -3.46. The van der Waals surface area contributed by atoms with Crippen molar-refractivity contribution in [3.8, 4) is 0 Å². The van der Waals surface area contributed by atoms with Crippen molar-refractivity contribution >= 4 is 38.4 Å². The predicted molar refractivity (Wildman–Crippen MR) is 69.8 cm³/mol. The molecular formula is C9H13N3O5S2. The molecule has 0 aliphatic heterocycles. The number of aromatic nitrogens is 1. The first-order chi connectivity index (χ1) is 8.73. The first-order valence-electron chi connectivity index (χ1n) is 5.20. The van der Waals surface area contributed by atoms with Gasteiger partial charge in [0.25, 0.3) is 5.91 Å². The molecule has 0 bridgehead atoms. The Labute approximate surface area is 113 Å². The number of hydrogen-bond donors (Lipinski definition) is 3. The maximum absolute atomic E-state index is 11.7. The lowest BCUT2D eigenvalue weighted by atomic mass is 10.2. The van der Waals surface area contributed by atoms with E-state index in [-0.39, 0.29) is 17.2 Å². The number of anilines is 1. The molecule has 1 aromatic heterocycles. The number of carbonyl (C=O) groups is 2. The van der Waals surface area contributed by atoms with Crippen LogP contribution < -0.4 is 10.0 Å². The Hall–Kier alpha value is -1.68. The van der Waals surface area contributed by atoms with Crippen LogP contribution in [0.4, 0.5) is 5.13 Å². The average molecular weight is 307 g/mol. The molecule has 0 saturated heterocycles. The normalized spacial score (nSPS) is 12.7. The Morgan fingerprint density at radius 2 is 2.16 bits per heavy atom. The lowest BCUT2D eigenvalue weighted by molar-refractivity contribution is -0.139. The van der Waals surface area contributed by atoms with E-state index in [9.17, 15) is 18.0 Å². The van der Waals surface area contributed by atoms with E-state index in [1.165, 1.54) is 5.38 Å². The van der Waals surface area contributed by atoms with Crippen LogP contribution in [0.25, 0.3) is 0 Å². The molecule has 8 nitrogen and oxygen atoms in total. The summed E-state index contributed by atoms with van der Waals surface area (Å²) in [6, 6.07) is -1.000. The van der Waals surface area contributed by atoms with Gasteiger partial charge in [0.2, 0.25) is 10.0 Å². The standard InChI is InChI=1S/C9H13N3O5S2/c1-3-5(8(14)15)10-7(13)6-4-18-9(11-6)12-19(2,16)17/h4-5H,3H2,1-2H3,(H,10,13)(H,11,12)(H,14,15). The molecule has 1 heterocycles. The first-order valence-corrected chi connectivity index (χ1v) is 7.97. The number of nitrogens with one attached hydrogen (secondary N) is 2. The zero-order valence-corrected chi connectivity index (χ0v) is 11.8. The van der Waals surface area contributed by atoms with Gasteiger partial charge in [-0.3, -0.25) is 9.52 Å². The van der Waals surface area contributed by atoms with Gasteiger partial charge in [-0.05, 0) is 6.42 Å². The number of sulfonamides is 1. The van der Waals surface area contributed by atoms with Crippen molar-refractivity contribution in [2.75, 3.05) is 11.0 Å². The summed E-state index contributed by atoms with van der Waals surface area (Å²) in [7, 11) is -3.46. The lowest BCUT2D eigenvalue weighted by Crippen LogP contribution is -2.40. The monoisotopic (exact) mass is 307 g/mol. The van der Waals surface area contributed by atoms with Crippen LogP contribution in [-0.4, -0.2) is 42.7 Å². The van der Waals surface area contributed by atoms with E-state index in [1.807, 2.05) is 0 Å². The number of carboxylic acids is 1. The second kappa shape index (κ2) is 5.97. The summed E-state index contributed by atoms with van der Waals surface area (Å²) in [6.45, 7) is 1.62. The van der Waals surface area contributed by atoms with Crippen molar-refractivity contribution in [3.05, 3.63) is 11.1 Å². The summed E-state index contributed by atoms with van der Waals surface area (Å²) in [6.07, 6.45) is 1.20. The van der Waals surface area contributed by atoms with Crippen LogP contribution in [0.1, 0.15) is 23.8 Å². The Morgan fingerprint density at radius 3 is 2.63 bits per heavy atom. The summed E-state index contributed by atoms with van der Waals surface area (Å²) in [4.78, 5) is 26.2. The molecule has 0 radical (unpaired) electrons. The fourth-order valence-electron chi connectivity index (χ4n) is 1.15. The van der Waals surface area contributed by atoms with Gasteiger partial charge in [-0.1, -0.05) is 6.92 Å². The number of hydrogen-bond acceptors (Lipinski definition) is 6. The average Bonchev–Trinajstić information content (AvgIpc) is 2.70. The maximum atomic E-state index is 11.7. The molecule has 1 amide bonds. The van der Waals surface area contributed by atoms with E-state index in [2.05, 4.69) is 15.0 Å². The molecule has 0 aliphatic carbocycles. The van der Waals surface area contributed by atoms with Crippen molar-refractivity contribution in [1.29, 1.82) is 0 Å². The van der Waals surface area contributed by atoms with Crippen LogP contribution in [0.2, 0.25) is 0 Å². The number of thiazole rings is 1. The molecule has 1 rings (SSSR count). The van der Waals surface area contributed by atoms with Crippen LogP contribution in [0, 0.1) is 0 Å². The Kier molecular flexibility index (Phi) is 4.84. The number of carboxylic acid groups (broad SMARTS) is 1. The fraction of sp³-hybridized carbons (Fsp3) is 0.444. The molecule has 1 aromatic rings. The van der Waals surface area contributed by atoms with Crippen LogP contribution in [-0.2, 0) is 14.8 Å². The van der Waals surface area contributed by atoms with Crippen LogP contribution >= 0.6 is 11.3 Å². The molecular weight excluding hydrogens is 294 g/mol. The molecule has 1 atom stereocenters. The van der Waals surface area contributed by atoms with Crippen molar-refractivity contribution in [3.63, 3.8) is 0 Å². The second-order valence-corrected chi connectivity index (χ2v) is 6.29. The minimum Gasteiger partial charge on any atom is -0.480 e. The van der Waals surface area contributed by atoms with Crippen molar-refractivity contribution in [2.24, 2.45) is 0 Å². The lowest BCUT2D eigenvalue weighted by Gasteiger charge is -2.10. The highest BCUT2D eigenvalue weighted by molar-refractivity contribution is 7.92. The minimum absolute atomic E-state index is 0.0316. The third kappa shape index (κ3) is 4.83. The van der Waals surface area contributed by atoms with Gasteiger partial charge in [-0.25, -0.2) is 18.2 Å². The quantitative estimate of drug-likeness (QED) is 0.684. The SMILES string of the molecule is CCC(NC(=O)c1csc(NS(C)(=O)=O)n1)C(=O)O. The van der Waals surface area contributed by atoms with Crippen molar-refractivity contribution < 1.29 is 23.1 Å². The van der Waals surface area contributed by atoms with Crippen LogP contribution in [0.5, 0.6) is 0 Å². The first kappa shape index (κ1) is 15.4. The summed E-state index contributed by atoms with van der Waals surface area (Å²) < 4.78 is 24.1. The van der Waals surface area contributed by atoms with Gasteiger partial charge in [0.1, 0.15) is 11.7 Å². The molecule has 0 spiro atoms. The third-order valence-corrected chi connectivity index (χ3v) is 3.47. The fourth-order valence-corrected chi connectivity index (χ4v) is 2.70. The molecule has 106 valence electrons. The van der Waals surface area contributed by atoms with E-state index < -0.39 is 27.9 Å². The summed E-state index contributed by atoms with van der Waals surface area (Å²) >= 11 is 0.938. The molecule has 10 heteroatoms. The number of aliphatic carboxylic acids is 1. The molecule has 1 unspecified atom stereocenters. The summed E-state index contributed by atoms with van der Waals surface area (Å²) in [5.74, 6) is -1.80. The van der Waals surface area contributed by atoms with Crippen LogP contribution in [0.15, 0.2) is 5.38 Å². The third-order valence-electron chi connectivity index (χ3n) is 2.02. The zero-order chi connectivity index (χ0) is 14.6. The highest BCUT2D eigenvalue weighted by Crippen LogP contribution is 2.16. The number of carbonyl (C=O) groups excluding carboxylic acids is 1. The van der Waals surface area contributed by atoms with Gasteiger partial charge < -0.3 is 10.4 Å². The van der Waals surface area contributed by atoms with E-state index in [4.69, 9.17) is 5.11 Å². The second-order valence-electron chi connectivity index (χ2n) is 3.68. The molecule has 3 N–H and O–H groups in total. The van der Waals surface area contributed by atoms with Crippen LogP contribution in [0.3, 0.4) is 0 Å². The van der Waals surface area contributed by atoms with Gasteiger partial charge in [0, 0.05) is 5.38 Å². The molecule has 0 saturated carbocycles. The Morgan fingerprint density at radius 1 is 1.53 bits per heavy atom. The molecule has 0 aromatic carbocycles. The molecule has 19 heavy (non-hydrogen) atoms. The van der Waals surface area contributed by atoms with Gasteiger partial charge in [0.05, 0.1) is 6.26 Å². The summed E-state index contributed by atoms with van der Waals surface area (Å²) in [5, 5.41) is 12.5. The number of rotatable bonds is 6. The highest BCUT2D eigenvalue weighted by atomic mass is 32.2. The topological polar surface area (TPSA) is 125 Å². The van der Waals surface area contributed by atoms with Crippen molar-refractivity contribution in [1.82, 2.24) is 10.3 Å². The maximum Gasteiger partial charge on any atom is 0.326 e. The highest BCUT2D eigenvalue weighted by Gasteiger charge is 2.20. The van der Waals surface area contributed by atoms with Crippen molar-refractivity contribution in [2.45, 2.75) is 19.4 Å². The predicted octanol–water partition coefficient (Wildman–Crippen LogP) is 0.108. The molecule has 0 aliphatic rings. The largest absolute Gasteiger partial charge is 0.480 e. The van der Waals surface area contributed by atoms with Gasteiger partial charge in [-0.2, -0.15) is 0 Å². The number of amides is 1. The zero-order valence-electron chi connectivity index (χ0n) is 10.2. The smallest absolute Gasteiger partial charge is 0.326 e. The van der Waals surface area contributed by atoms with E-state index in [0.717, 1.165) is 17.6 Å².